The number of rotatable bonds is 13. The molecule has 0 saturated carbocycles. The van der Waals surface area contributed by atoms with Gasteiger partial charge in [-0.25, -0.2) is 10.8 Å². The van der Waals surface area contributed by atoms with E-state index in [-0.39, 0.29) is 21.8 Å². The highest BCUT2D eigenvalue weighted by atomic mass is 32.1. The van der Waals surface area contributed by atoms with Crippen molar-refractivity contribution in [1.29, 1.82) is 0 Å². The van der Waals surface area contributed by atoms with Crippen molar-refractivity contribution in [2.75, 3.05) is 6.54 Å². The number of nitrogens with one attached hydrogen (secondary N) is 3. The second-order valence-electron chi connectivity index (χ2n) is 8.36. The summed E-state index contributed by atoms with van der Waals surface area (Å²) < 4.78 is 0. The lowest BCUT2D eigenvalue weighted by atomic mass is 10.2. The van der Waals surface area contributed by atoms with Crippen LogP contribution in [0.25, 0.3) is 0 Å². The van der Waals surface area contributed by atoms with Crippen LogP contribution in [0.4, 0.5) is 0 Å². The van der Waals surface area contributed by atoms with E-state index >= 15 is 0 Å². The molecule has 0 rings (SSSR count). The van der Waals surface area contributed by atoms with Crippen LogP contribution in [0, 0.1) is 0 Å². The molecule has 0 aromatic carbocycles. The number of ketones is 2. The van der Waals surface area contributed by atoms with Crippen LogP contribution in [0.5, 0.6) is 0 Å². The highest BCUT2D eigenvalue weighted by Gasteiger charge is 2.00. The number of nitrogens with zero attached hydrogens (tertiary/aromatic N) is 4. The van der Waals surface area contributed by atoms with Crippen molar-refractivity contribution < 1.29 is 9.59 Å². The first kappa shape index (κ1) is 41.6. The maximum atomic E-state index is 10.2. The monoisotopic (exact) mass is 633 g/mol. The molecule has 0 saturated heterocycles. The molecule has 0 aliphatic heterocycles. The van der Waals surface area contributed by atoms with Crippen molar-refractivity contribution in [3.8, 4) is 0 Å². The number of hydrazine groups is 1. The van der Waals surface area contributed by atoms with Gasteiger partial charge in [0, 0.05) is 35.7 Å². The summed E-state index contributed by atoms with van der Waals surface area (Å²) in [5, 5.41) is 8.86. The van der Waals surface area contributed by atoms with Crippen LogP contribution in [0.15, 0.2) is 20.2 Å². The number of Topliss-reactive ketones (excluding diaryl/α,β-unsaturated/α-hetero) is 2. The molecule has 0 aromatic heterocycles. The van der Waals surface area contributed by atoms with Crippen molar-refractivity contribution in [1.82, 2.24) is 16.3 Å². The Balaban J connectivity index is -0.000000863. The second-order valence-corrected chi connectivity index (χ2v) is 10.2. The van der Waals surface area contributed by atoms with E-state index in [0.717, 1.165) is 48.5 Å². The van der Waals surface area contributed by atoms with Crippen molar-refractivity contribution in [3.05, 3.63) is 0 Å². The van der Waals surface area contributed by atoms with Crippen molar-refractivity contribution in [3.63, 3.8) is 0 Å². The normalized spacial score (nSPS) is 11.6. The van der Waals surface area contributed by atoms with E-state index in [1.807, 2.05) is 33.1 Å². The number of carbonyl (C=O) groups excluding carboxylic acids is 2. The van der Waals surface area contributed by atoms with Crippen LogP contribution in [0.2, 0.25) is 0 Å². The molecule has 0 spiro atoms. The molecule has 11 N–H and O–H groups in total. The summed E-state index contributed by atoms with van der Waals surface area (Å²) in [4.78, 5) is 29.4. The van der Waals surface area contributed by atoms with E-state index in [0.29, 0.717) is 29.5 Å². The lowest BCUT2D eigenvalue weighted by molar-refractivity contribution is -0.122. The predicted octanol–water partition coefficient (Wildman–Crippen LogP) is 1.85. The van der Waals surface area contributed by atoms with Gasteiger partial charge in [-0.05, 0) is 104 Å². The molecule has 0 amide bonds. The van der Waals surface area contributed by atoms with E-state index in [1.165, 1.54) is 13.8 Å². The molecule has 0 aromatic rings. The van der Waals surface area contributed by atoms with E-state index in [9.17, 15) is 9.59 Å². The summed E-state index contributed by atoms with van der Waals surface area (Å²) in [7, 11) is 0. The Hall–Kier alpha value is -2.86. The summed E-state index contributed by atoms with van der Waals surface area (Å²) in [6.07, 6.45) is 3.78. The smallest absolute Gasteiger partial charge is 0.213 e. The minimum Gasteiger partial charge on any atom is -0.392 e. The lowest BCUT2D eigenvalue weighted by Crippen LogP contribution is -2.34. The quantitative estimate of drug-likeness (QED) is 0.0666. The maximum Gasteiger partial charge on any atom is 0.213 e. The zero-order chi connectivity index (χ0) is 31.7. The standard InChI is InChI=1S/C16H28N8S3.C6H10O2.CH5N3S/c1-10(19-9-14(17)25)5-7-13(4)22-24-16(27)20-11(2)6-8-12(3)21-23-15(18)26;1-5(7)3-4-6(2)8;2-1(5)4-3/h5-9H2,1-4H3,(H2,17,25)(H,24,27)(H3,18,23,26);3-4H2,1-2H3;3H2,(H3,2,4,5)/b19-10?,20-11?,21-12+,22-13+;;. The van der Waals surface area contributed by atoms with Gasteiger partial charge in [0.15, 0.2) is 10.2 Å². The van der Waals surface area contributed by atoms with Crippen LogP contribution in [-0.2, 0) is 9.59 Å². The fourth-order valence-corrected chi connectivity index (χ4v) is 2.34. The van der Waals surface area contributed by atoms with Gasteiger partial charge < -0.3 is 32.2 Å². The fourth-order valence-electron chi connectivity index (χ4n) is 2.03. The van der Waals surface area contributed by atoms with Gasteiger partial charge in [-0.3, -0.25) is 15.8 Å². The molecular formula is C23H43N11O2S4. The summed E-state index contributed by atoms with van der Waals surface area (Å²) >= 11 is 18.9. The minimum absolute atomic E-state index is 0.0835. The van der Waals surface area contributed by atoms with Crippen molar-refractivity contribution in [2.24, 2.45) is 43.2 Å². The summed E-state index contributed by atoms with van der Waals surface area (Å²) in [5.41, 5.74) is 26.6. The van der Waals surface area contributed by atoms with Gasteiger partial charge in [0.2, 0.25) is 5.11 Å². The Bertz CT molecular complexity index is 979. The first-order valence-corrected chi connectivity index (χ1v) is 13.6. The number of nitrogens with two attached hydrogens (primary N) is 4. The molecule has 40 heavy (non-hydrogen) atoms. The Morgan fingerprint density at radius 2 is 1.02 bits per heavy atom. The Kier molecular flexibility index (Phi) is 27.4. The zero-order valence-corrected chi connectivity index (χ0v) is 27.3. The Morgan fingerprint density at radius 3 is 1.40 bits per heavy atom. The minimum atomic E-state index is 0.0835. The first-order chi connectivity index (χ1) is 18.5. The third-order valence-corrected chi connectivity index (χ3v) is 4.69. The molecule has 0 aliphatic rings. The van der Waals surface area contributed by atoms with Gasteiger partial charge in [-0.2, -0.15) is 10.2 Å². The van der Waals surface area contributed by atoms with E-state index in [4.69, 9.17) is 53.9 Å². The Labute approximate surface area is 258 Å². The molecule has 0 aliphatic carbocycles. The number of thiocarbonyl (C=S) groups is 4. The molecule has 0 atom stereocenters. The highest BCUT2D eigenvalue weighted by molar-refractivity contribution is 7.80. The third kappa shape index (κ3) is 37.3. The van der Waals surface area contributed by atoms with E-state index in [1.54, 1.807) is 0 Å². The van der Waals surface area contributed by atoms with E-state index in [2.05, 4.69) is 49.1 Å². The third-order valence-electron chi connectivity index (χ3n) is 4.17. The number of hydrogen-bond donors (Lipinski definition) is 7. The molecule has 0 heterocycles. The maximum absolute atomic E-state index is 10.2. The highest BCUT2D eigenvalue weighted by Crippen LogP contribution is 1.98. The molecule has 0 radical (unpaired) electrons. The van der Waals surface area contributed by atoms with Crippen LogP contribution >= 0.6 is 48.9 Å². The SMILES string of the molecule is CC(=O)CCC(C)=O.CC(CC/C(C)=N/NC(=S)N=C(C)CC/C(C)=N/NC(N)=S)=NCC(N)=S.NNC(N)=S. The predicted molar refractivity (Wildman–Crippen MR) is 183 cm³/mol. The second kappa shape index (κ2) is 26.4. The largest absolute Gasteiger partial charge is 0.392 e. The average Bonchev–Trinajstić information content (AvgIpc) is 2.86. The van der Waals surface area contributed by atoms with Crippen LogP contribution in [0.3, 0.4) is 0 Å². The van der Waals surface area contributed by atoms with Gasteiger partial charge in [0.25, 0.3) is 0 Å². The molecule has 0 bridgehead atoms. The fraction of sp³-hybridized carbons (Fsp3) is 0.565. The first-order valence-electron chi connectivity index (χ1n) is 12.0. The zero-order valence-electron chi connectivity index (χ0n) is 24.0. The Morgan fingerprint density at radius 1 is 0.625 bits per heavy atom. The van der Waals surface area contributed by atoms with Crippen LogP contribution in [0.1, 0.15) is 80.1 Å². The van der Waals surface area contributed by atoms with Crippen LogP contribution < -0.4 is 39.3 Å². The average molecular weight is 634 g/mol. The van der Waals surface area contributed by atoms with Gasteiger partial charge in [0.05, 0.1) is 11.5 Å². The summed E-state index contributed by atoms with van der Waals surface area (Å²) in [6.45, 7) is 11.0. The molecule has 13 nitrogen and oxygen atoms in total. The lowest BCUT2D eigenvalue weighted by Gasteiger charge is -2.05. The summed E-state index contributed by atoms with van der Waals surface area (Å²) in [6, 6.07) is 0. The number of hydrazone groups is 2. The summed E-state index contributed by atoms with van der Waals surface area (Å²) in [5.74, 6) is 4.82. The molecular weight excluding hydrogens is 591 g/mol. The van der Waals surface area contributed by atoms with Crippen molar-refractivity contribution >= 4 is 104 Å². The number of hydrogen-bond acceptors (Lipinski definition) is 10. The topological polar surface area (TPSA) is 224 Å². The number of carbonyl (C=O) groups is 2. The van der Waals surface area contributed by atoms with Gasteiger partial charge in [-0.1, -0.05) is 12.2 Å². The van der Waals surface area contributed by atoms with Gasteiger partial charge in [0.1, 0.15) is 11.6 Å². The van der Waals surface area contributed by atoms with Crippen molar-refractivity contribution in [2.45, 2.75) is 80.1 Å². The molecule has 0 unspecified atom stereocenters. The number of aliphatic imine (C=N–C) groups is 2. The molecule has 226 valence electrons. The molecule has 0 fully saturated rings. The van der Waals surface area contributed by atoms with Gasteiger partial charge >= 0.3 is 0 Å². The molecule has 17 heteroatoms. The van der Waals surface area contributed by atoms with E-state index < -0.39 is 0 Å². The van der Waals surface area contributed by atoms with Gasteiger partial charge in [-0.15, -0.1) is 0 Å². The van der Waals surface area contributed by atoms with Crippen LogP contribution in [-0.4, -0.2) is 61.3 Å².